The summed E-state index contributed by atoms with van der Waals surface area (Å²) >= 11 is 0. The van der Waals surface area contributed by atoms with Crippen LogP contribution in [0.2, 0.25) is 0 Å². The molecule has 0 N–H and O–H groups in total. The van der Waals surface area contributed by atoms with Crippen LogP contribution in [0.3, 0.4) is 0 Å². The zero-order valence-corrected chi connectivity index (χ0v) is 15.0. The second kappa shape index (κ2) is 7.39. The number of imidazole rings is 1. The first-order valence-electron chi connectivity index (χ1n) is 8.37. The molecule has 1 unspecified atom stereocenters. The third-order valence-electron chi connectivity index (χ3n) is 4.30. The summed E-state index contributed by atoms with van der Waals surface area (Å²) in [5.41, 5.74) is 2.98. The maximum atomic E-state index is 13.1. The molecule has 3 aromatic rings. The number of fused-ring (bicyclic) bond motifs is 1. The monoisotopic (exact) mass is 351 g/mol. The molecule has 0 saturated carbocycles. The summed E-state index contributed by atoms with van der Waals surface area (Å²) in [6.45, 7) is 3.92. The van der Waals surface area contributed by atoms with E-state index in [0.29, 0.717) is 17.9 Å². The number of rotatable bonds is 5. The molecule has 26 heavy (non-hydrogen) atoms. The molecule has 6 nitrogen and oxygen atoms in total. The van der Waals surface area contributed by atoms with Crippen molar-refractivity contribution in [2.45, 2.75) is 26.4 Å². The molecule has 0 aliphatic carbocycles. The predicted octanol–water partition coefficient (Wildman–Crippen LogP) is 2.85. The van der Waals surface area contributed by atoms with Crippen LogP contribution in [0.4, 0.5) is 0 Å². The number of methoxy groups -OCH3 is 1. The predicted molar refractivity (Wildman–Crippen MR) is 97.7 cm³/mol. The minimum atomic E-state index is -0.723. The number of hydrogen-bond donors (Lipinski definition) is 0. The number of benzene rings is 1. The standard InChI is InChI=1S/C20H21N3O3/c1-14-9-10-22-13-17(21-18(22)11-14)19(24)23(15(2)20(25)26-3)12-16-7-5-4-6-8-16/h4-11,13,15H,12H2,1-3H3. The molecule has 0 bridgehead atoms. The fourth-order valence-corrected chi connectivity index (χ4v) is 2.80. The van der Waals surface area contributed by atoms with Crippen LogP contribution in [0.25, 0.3) is 5.65 Å². The van der Waals surface area contributed by atoms with E-state index in [2.05, 4.69) is 4.98 Å². The number of carbonyl (C=O) groups is 2. The number of pyridine rings is 1. The van der Waals surface area contributed by atoms with Crippen LogP contribution in [0.15, 0.2) is 54.9 Å². The molecule has 6 heteroatoms. The van der Waals surface area contributed by atoms with E-state index < -0.39 is 12.0 Å². The molecule has 3 rings (SSSR count). The van der Waals surface area contributed by atoms with E-state index in [1.807, 2.05) is 55.6 Å². The van der Waals surface area contributed by atoms with E-state index in [1.54, 1.807) is 17.5 Å². The smallest absolute Gasteiger partial charge is 0.328 e. The molecule has 2 heterocycles. The molecule has 0 fully saturated rings. The highest BCUT2D eigenvalue weighted by Gasteiger charge is 2.29. The van der Waals surface area contributed by atoms with Gasteiger partial charge < -0.3 is 14.0 Å². The van der Waals surface area contributed by atoms with Gasteiger partial charge in [0.15, 0.2) is 0 Å². The van der Waals surface area contributed by atoms with E-state index in [1.165, 1.54) is 12.0 Å². The number of aromatic nitrogens is 2. The Hall–Kier alpha value is -3.15. The number of carbonyl (C=O) groups excluding carboxylic acids is 2. The SMILES string of the molecule is COC(=O)C(C)N(Cc1ccccc1)C(=O)c1cn2ccc(C)cc2n1. The van der Waals surface area contributed by atoms with E-state index in [0.717, 1.165) is 11.1 Å². The lowest BCUT2D eigenvalue weighted by Crippen LogP contribution is -2.43. The summed E-state index contributed by atoms with van der Waals surface area (Å²) in [6.07, 6.45) is 3.54. The Kier molecular flexibility index (Phi) is 5.02. The lowest BCUT2D eigenvalue weighted by Gasteiger charge is -2.26. The van der Waals surface area contributed by atoms with Gasteiger partial charge in [-0.3, -0.25) is 4.79 Å². The third-order valence-corrected chi connectivity index (χ3v) is 4.30. The van der Waals surface area contributed by atoms with Gasteiger partial charge in [0.1, 0.15) is 17.4 Å². The van der Waals surface area contributed by atoms with Crippen molar-refractivity contribution in [2.75, 3.05) is 7.11 Å². The molecule has 2 aromatic heterocycles. The van der Waals surface area contributed by atoms with E-state index >= 15 is 0 Å². The number of ether oxygens (including phenoxy) is 1. The van der Waals surface area contributed by atoms with Crippen LogP contribution >= 0.6 is 0 Å². The number of nitrogens with zero attached hydrogens (tertiary/aromatic N) is 3. The van der Waals surface area contributed by atoms with Crippen molar-refractivity contribution in [3.05, 3.63) is 71.7 Å². The van der Waals surface area contributed by atoms with Crippen molar-refractivity contribution in [3.63, 3.8) is 0 Å². The number of esters is 1. The first-order valence-corrected chi connectivity index (χ1v) is 8.37. The maximum Gasteiger partial charge on any atom is 0.328 e. The Morgan fingerprint density at radius 1 is 1.23 bits per heavy atom. The normalized spacial score (nSPS) is 12.0. The van der Waals surface area contributed by atoms with Crippen molar-refractivity contribution in [1.29, 1.82) is 0 Å². The van der Waals surface area contributed by atoms with Crippen LogP contribution < -0.4 is 0 Å². The minimum absolute atomic E-state index is 0.294. The molecule has 134 valence electrons. The van der Waals surface area contributed by atoms with E-state index in [9.17, 15) is 9.59 Å². The van der Waals surface area contributed by atoms with Gasteiger partial charge >= 0.3 is 5.97 Å². The molecule has 0 spiro atoms. The molecule has 0 aliphatic heterocycles. The van der Waals surface area contributed by atoms with Gasteiger partial charge in [-0.25, -0.2) is 9.78 Å². The second-order valence-electron chi connectivity index (χ2n) is 6.21. The van der Waals surface area contributed by atoms with Crippen LogP contribution in [-0.2, 0) is 16.1 Å². The molecule has 1 atom stereocenters. The summed E-state index contributed by atoms with van der Waals surface area (Å²) in [5, 5.41) is 0. The third kappa shape index (κ3) is 3.59. The van der Waals surface area contributed by atoms with Crippen LogP contribution in [-0.4, -0.2) is 39.3 Å². The van der Waals surface area contributed by atoms with Gasteiger partial charge in [-0.1, -0.05) is 30.3 Å². The highest BCUT2D eigenvalue weighted by molar-refractivity contribution is 5.95. The maximum absolute atomic E-state index is 13.1. The highest BCUT2D eigenvalue weighted by atomic mass is 16.5. The summed E-state index contributed by atoms with van der Waals surface area (Å²) in [6, 6.07) is 12.7. The summed E-state index contributed by atoms with van der Waals surface area (Å²) in [5.74, 6) is -0.776. The van der Waals surface area contributed by atoms with E-state index in [-0.39, 0.29) is 5.91 Å². The molecule has 0 aliphatic rings. The van der Waals surface area contributed by atoms with Crippen LogP contribution in [0, 0.1) is 6.92 Å². The largest absolute Gasteiger partial charge is 0.467 e. The Balaban J connectivity index is 1.95. The highest BCUT2D eigenvalue weighted by Crippen LogP contribution is 2.15. The molecule has 0 saturated heterocycles. The number of aryl methyl sites for hydroxylation is 1. The molecular weight excluding hydrogens is 330 g/mol. The van der Waals surface area contributed by atoms with Crippen LogP contribution in [0.1, 0.15) is 28.5 Å². The Labute approximate surface area is 152 Å². The Morgan fingerprint density at radius 3 is 2.65 bits per heavy atom. The van der Waals surface area contributed by atoms with Crippen molar-refractivity contribution >= 4 is 17.5 Å². The Morgan fingerprint density at radius 2 is 1.96 bits per heavy atom. The van der Waals surface area contributed by atoms with Gasteiger partial charge in [-0.05, 0) is 37.1 Å². The fraction of sp³-hybridized carbons (Fsp3) is 0.250. The quantitative estimate of drug-likeness (QED) is 0.663. The van der Waals surface area contributed by atoms with Gasteiger partial charge in [-0.2, -0.15) is 0 Å². The zero-order chi connectivity index (χ0) is 18.7. The lowest BCUT2D eigenvalue weighted by molar-refractivity contribution is -0.145. The first kappa shape index (κ1) is 17.7. The van der Waals surface area contributed by atoms with Gasteiger partial charge in [0.05, 0.1) is 7.11 Å². The van der Waals surface area contributed by atoms with Crippen molar-refractivity contribution in [2.24, 2.45) is 0 Å². The number of amides is 1. The van der Waals surface area contributed by atoms with Crippen LogP contribution in [0.5, 0.6) is 0 Å². The molecule has 1 amide bonds. The van der Waals surface area contributed by atoms with E-state index in [4.69, 9.17) is 4.74 Å². The van der Waals surface area contributed by atoms with Crippen molar-refractivity contribution < 1.29 is 14.3 Å². The van der Waals surface area contributed by atoms with Gasteiger partial charge in [0, 0.05) is 18.9 Å². The lowest BCUT2D eigenvalue weighted by atomic mass is 10.1. The fourth-order valence-electron chi connectivity index (χ4n) is 2.80. The topological polar surface area (TPSA) is 63.9 Å². The second-order valence-corrected chi connectivity index (χ2v) is 6.21. The van der Waals surface area contributed by atoms with Gasteiger partial charge in [0.2, 0.25) is 0 Å². The average Bonchev–Trinajstić information content (AvgIpc) is 3.08. The summed E-state index contributed by atoms with van der Waals surface area (Å²) < 4.78 is 6.63. The average molecular weight is 351 g/mol. The minimum Gasteiger partial charge on any atom is -0.467 e. The van der Waals surface area contributed by atoms with Gasteiger partial charge in [0.25, 0.3) is 5.91 Å². The Bertz CT molecular complexity index is 934. The molecule has 1 aromatic carbocycles. The van der Waals surface area contributed by atoms with Crippen molar-refractivity contribution in [3.8, 4) is 0 Å². The molecular formula is C20H21N3O3. The molecule has 0 radical (unpaired) electrons. The summed E-state index contributed by atoms with van der Waals surface area (Å²) in [7, 11) is 1.32. The summed E-state index contributed by atoms with van der Waals surface area (Å²) in [4.78, 5) is 31.1. The van der Waals surface area contributed by atoms with Gasteiger partial charge in [-0.15, -0.1) is 0 Å². The number of hydrogen-bond acceptors (Lipinski definition) is 4. The zero-order valence-electron chi connectivity index (χ0n) is 15.0. The first-order chi connectivity index (χ1) is 12.5. The van der Waals surface area contributed by atoms with Crippen molar-refractivity contribution in [1.82, 2.24) is 14.3 Å².